The summed E-state index contributed by atoms with van der Waals surface area (Å²) in [6.07, 6.45) is 1.66. The third kappa shape index (κ3) is 7.02. The molecule has 0 amide bonds. The highest BCUT2D eigenvalue weighted by Gasteiger charge is 2.30. The van der Waals surface area contributed by atoms with Crippen LogP contribution in [0.25, 0.3) is 0 Å². The van der Waals surface area contributed by atoms with Crippen molar-refractivity contribution in [2.45, 2.75) is 56.3 Å². The van der Waals surface area contributed by atoms with Gasteiger partial charge >= 0.3 is 0 Å². The fourth-order valence-electron chi connectivity index (χ4n) is 4.02. The first-order valence-corrected chi connectivity index (χ1v) is 12.9. The van der Waals surface area contributed by atoms with E-state index in [-0.39, 0.29) is 16.7 Å². The summed E-state index contributed by atoms with van der Waals surface area (Å²) in [6.45, 7) is 3.40. The van der Waals surface area contributed by atoms with Gasteiger partial charge in [0.25, 0.3) is 0 Å². The van der Waals surface area contributed by atoms with Crippen molar-refractivity contribution in [2.24, 2.45) is 0 Å². The summed E-state index contributed by atoms with van der Waals surface area (Å²) in [6, 6.07) is 28.4. The zero-order chi connectivity index (χ0) is 22.8. The van der Waals surface area contributed by atoms with E-state index in [2.05, 4.69) is 36.1 Å². The lowest BCUT2D eigenvalue weighted by Gasteiger charge is -2.35. The van der Waals surface area contributed by atoms with Gasteiger partial charge < -0.3 is 5.11 Å². The van der Waals surface area contributed by atoms with Gasteiger partial charge in [0.05, 0.1) is 16.8 Å². The maximum absolute atomic E-state index is 13.0. The molecule has 2 atom stereocenters. The Hall–Kier alpha value is -2.47. The van der Waals surface area contributed by atoms with Crippen molar-refractivity contribution in [2.75, 3.05) is 5.75 Å². The van der Waals surface area contributed by atoms with Crippen LogP contribution in [0.15, 0.2) is 95.9 Å². The number of rotatable bonds is 12. The number of benzene rings is 3. The summed E-state index contributed by atoms with van der Waals surface area (Å²) in [7, 11) is -3.59. The van der Waals surface area contributed by atoms with Crippen LogP contribution in [0.4, 0.5) is 0 Å². The summed E-state index contributed by atoms with van der Waals surface area (Å²) >= 11 is 0. The van der Waals surface area contributed by atoms with Crippen LogP contribution in [0.2, 0.25) is 0 Å². The van der Waals surface area contributed by atoms with Gasteiger partial charge in [0.15, 0.2) is 9.84 Å². The Morgan fingerprint density at radius 2 is 1.25 bits per heavy atom. The van der Waals surface area contributed by atoms with Gasteiger partial charge in [-0.1, -0.05) is 98.6 Å². The molecular formula is C27H33NO3S. The molecule has 0 aliphatic heterocycles. The number of unbranched alkanes of at least 4 members (excludes halogenated alkanes) is 1. The van der Waals surface area contributed by atoms with E-state index in [1.54, 1.807) is 30.3 Å². The molecule has 0 aliphatic rings. The number of hydrogen-bond acceptors (Lipinski definition) is 4. The third-order valence-electron chi connectivity index (χ3n) is 5.72. The summed E-state index contributed by atoms with van der Waals surface area (Å²) in [5.41, 5.74) is 2.28. The molecule has 0 spiro atoms. The van der Waals surface area contributed by atoms with E-state index >= 15 is 0 Å². The number of sulfone groups is 1. The molecule has 0 aromatic heterocycles. The molecule has 0 radical (unpaired) electrons. The van der Waals surface area contributed by atoms with Gasteiger partial charge in [0.2, 0.25) is 0 Å². The van der Waals surface area contributed by atoms with Gasteiger partial charge in [-0.05, 0) is 29.7 Å². The molecule has 0 bridgehead atoms. The second-order valence-corrected chi connectivity index (χ2v) is 10.3. The smallest absolute Gasteiger partial charge is 0.180 e. The summed E-state index contributed by atoms with van der Waals surface area (Å²) < 4.78 is 26.0. The lowest BCUT2D eigenvalue weighted by atomic mass is 10.0. The predicted octanol–water partition coefficient (Wildman–Crippen LogP) is 5.08. The van der Waals surface area contributed by atoms with Crippen LogP contribution in [0, 0.1) is 0 Å². The molecule has 170 valence electrons. The minimum absolute atomic E-state index is 0.256. The van der Waals surface area contributed by atoms with Crippen molar-refractivity contribution in [3.05, 3.63) is 102 Å². The molecule has 5 heteroatoms. The Bertz CT molecular complexity index is 983. The molecule has 1 N–H and O–H groups in total. The standard InChI is InChI=1S/C27H33NO3S/c1-2-3-19-26(27(29)22-32(30,31)25-17-11-6-12-18-25)28(20-23-13-7-4-8-14-23)21-24-15-9-5-10-16-24/h4-18,26-27,29H,2-3,19-22H2,1H3/t26-,27?/m1/s1. The first-order chi connectivity index (χ1) is 15.5. The summed E-state index contributed by atoms with van der Waals surface area (Å²) in [5, 5.41) is 11.2. The molecule has 0 aliphatic carbocycles. The highest BCUT2D eigenvalue weighted by Crippen LogP contribution is 2.22. The first kappa shape index (κ1) is 24.2. The van der Waals surface area contributed by atoms with E-state index in [1.165, 1.54) is 0 Å². The van der Waals surface area contributed by atoms with Crippen molar-refractivity contribution in [1.82, 2.24) is 4.90 Å². The maximum atomic E-state index is 13.0. The van der Waals surface area contributed by atoms with Gasteiger partial charge in [0, 0.05) is 19.1 Å². The van der Waals surface area contributed by atoms with Crippen molar-refractivity contribution >= 4 is 9.84 Å². The molecule has 0 saturated carbocycles. The Balaban J connectivity index is 1.87. The Labute approximate surface area is 192 Å². The van der Waals surface area contributed by atoms with Crippen LogP contribution in [0.1, 0.15) is 37.3 Å². The highest BCUT2D eigenvalue weighted by atomic mass is 32.2. The minimum atomic E-state index is -3.59. The van der Waals surface area contributed by atoms with Gasteiger partial charge in [-0.2, -0.15) is 0 Å². The average Bonchev–Trinajstić information content (AvgIpc) is 2.81. The average molecular weight is 452 g/mol. The normalized spacial score (nSPS) is 13.7. The molecule has 3 rings (SSSR count). The molecule has 1 unspecified atom stereocenters. The zero-order valence-corrected chi connectivity index (χ0v) is 19.5. The van der Waals surface area contributed by atoms with Crippen LogP contribution in [0.5, 0.6) is 0 Å². The molecule has 0 heterocycles. The molecule has 0 saturated heterocycles. The van der Waals surface area contributed by atoms with Gasteiger partial charge in [-0.3, -0.25) is 4.90 Å². The monoisotopic (exact) mass is 451 g/mol. The predicted molar refractivity (Wildman–Crippen MR) is 130 cm³/mol. The van der Waals surface area contributed by atoms with E-state index in [1.807, 2.05) is 36.4 Å². The third-order valence-corrected chi connectivity index (χ3v) is 7.49. The number of aliphatic hydroxyl groups is 1. The molecular weight excluding hydrogens is 418 g/mol. The van der Waals surface area contributed by atoms with Gasteiger partial charge in [-0.15, -0.1) is 0 Å². The second-order valence-electron chi connectivity index (χ2n) is 8.25. The number of nitrogens with zero attached hydrogens (tertiary/aromatic N) is 1. The molecule has 3 aromatic rings. The number of hydrogen-bond donors (Lipinski definition) is 1. The molecule has 32 heavy (non-hydrogen) atoms. The lowest BCUT2D eigenvalue weighted by Crippen LogP contribution is -2.45. The molecule has 0 fully saturated rings. The lowest BCUT2D eigenvalue weighted by molar-refractivity contribution is 0.0461. The Morgan fingerprint density at radius 1 is 0.781 bits per heavy atom. The maximum Gasteiger partial charge on any atom is 0.180 e. The molecule has 4 nitrogen and oxygen atoms in total. The minimum Gasteiger partial charge on any atom is -0.390 e. The van der Waals surface area contributed by atoms with Crippen LogP contribution in [0.3, 0.4) is 0 Å². The van der Waals surface area contributed by atoms with Crippen LogP contribution in [-0.4, -0.2) is 36.3 Å². The van der Waals surface area contributed by atoms with Crippen LogP contribution in [-0.2, 0) is 22.9 Å². The van der Waals surface area contributed by atoms with Crippen molar-refractivity contribution < 1.29 is 13.5 Å². The largest absolute Gasteiger partial charge is 0.390 e. The van der Waals surface area contributed by atoms with Crippen LogP contribution < -0.4 is 0 Å². The number of aliphatic hydroxyl groups excluding tert-OH is 1. The fourth-order valence-corrected chi connectivity index (χ4v) is 5.45. The van der Waals surface area contributed by atoms with Crippen molar-refractivity contribution in [1.29, 1.82) is 0 Å². The second kappa shape index (κ2) is 12.0. The van der Waals surface area contributed by atoms with Crippen LogP contribution >= 0.6 is 0 Å². The van der Waals surface area contributed by atoms with E-state index in [0.717, 1.165) is 30.4 Å². The van der Waals surface area contributed by atoms with Crippen molar-refractivity contribution in [3.63, 3.8) is 0 Å². The van der Waals surface area contributed by atoms with E-state index < -0.39 is 15.9 Å². The molecule has 3 aromatic carbocycles. The Morgan fingerprint density at radius 3 is 1.72 bits per heavy atom. The van der Waals surface area contributed by atoms with E-state index in [0.29, 0.717) is 13.1 Å². The highest BCUT2D eigenvalue weighted by molar-refractivity contribution is 7.91. The topological polar surface area (TPSA) is 57.6 Å². The van der Waals surface area contributed by atoms with Gasteiger partial charge in [-0.25, -0.2) is 8.42 Å². The SMILES string of the molecule is CCCC[C@H](C(O)CS(=O)(=O)c1ccccc1)N(Cc1ccccc1)Cc1ccccc1. The fraction of sp³-hybridized carbons (Fsp3) is 0.333. The van der Waals surface area contributed by atoms with Gasteiger partial charge in [0.1, 0.15) is 0 Å². The first-order valence-electron chi connectivity index (χ1n) is 11.3. The van der Waals surface area contributed by atoms with Crippen molar-refractivity contribution in [3.8, 4) is 0 Å². The zero-order valence-electron chi connectivity index (χ0n) is 18.7. The quantitative estimate of drug-likeness (QED) is 0.417. The van der Waals surface area contributed by atoms with E-state index in [9.17, 15) is 13.5 Å². The summed E-state index contributed by atoms with van der Waals surface area (Å²) in [4.78, 5) is 2.48. The van der Waals surface area contributed by atoms with E-state index in [4.69, 9.17) is 0 Å². The Kier molecular flexibility index (Phi) is 9.03. The summed E-state index contributed by atoms with van der Waals surface area (Å²) in [5.74, 6) is -0.286.